The Morgan fingerprint density at radius 2 is 1.94 bits per heavy atom. The molecule has 0 aliphatic carbocycles. The highest BCUT2D eigenvalue weighted by atomic mass is 32.2. The van der Waals surface area contributed by atoms with E-state index in [9.17, 15) is 18.5 Å². The van der Waals surface area contributed by atoms with Crippen molar-refractivity contribution in [2.24, 2.45) is 0 Å². The quantitative estimate of drug-likeness (QED) is 0.682. The van der Waals surface area contributed by atoms with Crippen LogP contribution in [-0.4, -0.2) is 18.3 Å². The number of nitrogens with one attached hydrogen (secondary N) is 1. The third-order valence-corrected chi connectivity index (χ3v) is 4.30. The van der Waals surface area contributed by atoms with E-state index in [0.717, 1.165) is 6.20 Å². The van der Waals surface area contributed by atoms with Gasteiger partial charge >= 0.3 is 5.00 Å². The number of nitrogens with zero attached hydrogens (tertiary/aromatic N) is 2. The van der Waals surface area contributed by atoms with Crippen molar-refractivity contribution in [2.45, 2.75) is 4.90 Å². The minimum atomic E-state index is -3.75. The molecule has 0 amide bonds. The zero-order valence-corrected chi connectivity index (χ0v) is 10.4. The van der Waals surface area contributed by atoms with E-state index in [-0.39, 0.29) is 15.0 Å². The molecule has 1 N–H and O–H groups in total. The first kappa shape index (κ1) is 12.5. The molecule has 0 bridgehead atoms. The lowest BCUT2D eigenvalue weighted by Gasteiger charge is -2.03. The Morgan fingerprint density at radius 1 is 1.28 bits per heavy atom. The van der Waals surface area contributed by atoms with Gasteiger partial charge in [0.25, 0.3) is 10.0 Å². The summed E-state index contributed by atoms with van der Waals surface area (Å²) in [6.07, 6.45) is 1.01. The minimum absolute atomic E-state index is 0.0365. The predicted molar refractivity (Wildman–Crippen MR) is 66.0 cm³/mol. The third kappa shape index (κ3) is 2.63. The molecule has 0 unspecified atom stereocenters. The van der Waals surface area contributed by atoms with Gasteiger partial charge in [0.15, 0.2) is 0 Å². The van der Waals surface area contributed by atoms with Gasteiger partial charge in [-0.1, -0.05) is 18.2 Å². The fourth-order valence-corrected chi connectivity index (χ4v) is 3.07. The molecule has 0 saturated heterocycles. The van der Waals surface area contributed by atoms with Gasteiger partial charge < -0.3 is 0 Å². The van der Waals surface area contributed by atoms with Crippen molar-refractivity contribution >= 4 is 31.5 Å². The van der Waals surface area contributed by atoms with Gasteiger partial charge in [0.05, 0.1) is 9.82 Å². The molecule has 94 valence electrons. The van der Waals surface area contributed by atoms with E-state index in [0.29, 0.717) is 11.3 Å². The van der Waals surface area contributed by atoms with Crippen molar-refractivity contribution in [2.75, 3.05) is 4.72 Å². The number of rotatable bonds is 4. The molecule has 0 radical (unpaired) electrons. The summed E-state index contributed by atoms with van der Waals surface area (Å²) in [5, 5.41) is 10.2. The number of nitro groups is 1. The molecule has 1 aromatic carbocycles. The van der Waals surface area contributed by atoms with Crippen LogP contribution in [0.2, 0.25) is 0 Å². The average molecular weight is 285 g/mol. The van der Waals surface area contributed by atoms with Gasteiger partial charge in [-0.2, -0.15) is 0 Å². The minimum Gasteiger partial charge on any atom is -0.257 e. The fraction of sp³-hybridized carbons (Fsp3) is 0. The Kier molecular flexibility index (Phi) is 3.26. The molecule has 7 nitrogen and oxygen atoms in total. The lowest BCUT2D eigenvalue weighted by molar-refractivity contribution is -0.380. The standard InChI is InChI=1S/C9H7N3O4S2/c13-12(14)8-6-10-9(17-8)11-18(15,16)7-4-2-1-3-5-7/h1-6H,(H,10,11). The highest BCUT2D eigenvalue weighted by Gasteiger charge is 2.18. The summed E-state index contributed by atoms with van der Waals surface area (Å²) < 4.78 is 25.9. The highest BCUT2D eigenvalue weighted by Crippen LogP contribution is 2.26. The van der Waals surface area contributed by atoms with Gasteiger partial charge in [-0.05, 0) is 23.5 Å². The number of thiazole rings is 1. The second-order valence-corrected chi connectivity index (χ2v) is 5.87. The molecule has 9 heteroatoms. The molecule has 0 aliphatic heterocycles. The molecule has 0 spiro atoms. The van der Waals surface area contributed by atoms with Crippen LogP contribution in [0.15, 0.2) is 41.4 Å². The van der Waals surface area contributed by atoms with Crippen molar-refractivity contribution in [3.63, 3.8) is 0 Å². The van der Waals surface area contributed by atoms with E-state index in [1.54, 1.807) is 18.2 Å². The summed E-state index contributed by atoms with van der Waals surface area (Å²) >= 11 is 0.662. The van der Waals surface area contributed by atoms with Crippen LogP contribution in [0.5, 0.6) is 0 Å². The van der Waals surface area contributed by atoms with E-state index in [2.05, 4.69) is 9.71 Å². The summed E-state index contributed by atoms with van der Waals surface area (Å²) in [4.78, 5) is 13.5. The second kappa shape index (κ2) is 4.70. The maximum absolute atomic E-state index is 11.9. The van der Waals surface area contributed by atoms with E-state index in [4.69, 9.17) is 0 Å². The van der Waals surface area contributed by atoms with Crippen molar-refractivity contribution < 1.29 is 13.3 Å². The van der Waals surface area contributed by atoms with Crippen molar-refractivity contribution in [1.29, 1.82) is 0 Å². The Balaban J connectivity index is 2.25. The molecule has 0 fully saturated rings. The summed E-state index contributed by atoms with van der Waals surface area (Å²) in [5.41, 5.74) is 0. The summed E-state index contributed by atoms with van der Waals surface area (Å²) in [6, 6.07) is 7.69. The van der Waals surface area contributed by atoms with Crippen LogP contribution in [0.4, 0.5) is 10.1 Å². The molecule has 1 aromatic heterocycles. The smallest absolute Gasteiger partial charge is 0.257 e. The van der Waals surface area contributed by atoms with E-state index in [1.807, 2.05) is 0 Å². The van der Waals surface area contributed by atoms with Crippen molar-refractivity contribution in [3.8, 4) is 0 Å². The van der Waals surface area contributed by atoms with Crippen molar-refractivity contribution in [1.82, 2.24) is 4.98 Å². The lowest BCUT2D eigenvalue weighted by Crippen LogP contribution is -2.12. The average Bonchev–Trinajstić information content (AvgIpc) is 2.78. The largest absolute Gasteiger partial charge is 0.345 e. The Hall–Kier alpha value is -2.00. The topological polar surface area (TPSA) is 102 Å². The zero-order valence-electron chi connectivity index (χ0n) is 8.81. The number of hydrogen-bond acceptors (Lipinski definition) is 6. The molecule has 18 heavy (non-hydrogen) atoms. The number of anilines is 1. The number of benzene rings is 1. The van der Waals surface area contributed by atoms with E-state index >= 15 is 0 Å². The summed E-state index contributed by atoms with van der Waals surface area (Å²) in [7, 11) is -3.75. The van der Waals surface area contributed by atoms with E-state index < -0.39 is 14.9 Å². The highest BCUT2D eigenvalue weighted by molar-refractivity contribution is 7.93. The van der Waals surface area contributed by atoms with Crippen LogP contribution >= 0.6 is 11.3 Å². The van der Waals surface area contributed by atoms with Crippen LogP contribution < -0.4 is 4.72 Å². The number of sulfonamides is 1. The molecule has 0 saturated carbocycles. The van der Waals surface area contributed by atoms with Gasteiger partial charge in [0, 0.05) is 0 Å². The molecule has 2 rings (SSSR count). The SMILES string of the molecule is O=[N+]([O-])c1cnc(NS(=O)(=O)c2ccccc2)s1. The van der Waals surface area contributed by atoms with Gasteiger partial charge in [0.1, 0.15) is 6.20 Å². The van der Waals surface area contributed by atoms with Crippen LogP contribution in [0, 0.1) is 10.1 Å². The first-order valence-electron chi connectivity index (χ1n) is 4.67. The first-order chi connectivity index (χ1) is 8.49. The molecule has 1 heterocycles. The van der Waals surface area contributed by atoms with Crippen LogP contribution in [0.1, 0.15) is 0 Å². The monoisotopic (exact) mass is 285 g/mol. The lowest BCUT2D eigenvalue weighted by atomic mass is 10.4. The molecular weight excluding hydrogens is 278 g/mol. The van der Waals surface area contributed by atoms with Crippen LogP contribution in [0.3, 0.4) is 0 Å². The Bertz CT molecular complexity index is 666. The van der Waals surface area contributed by atoms with Gasteiger partial charge in [-0.15, -0.1) is 0 Å². The van der Waals surface area contributed by atoms with Gasteiger partial charge in [0.2, 0.25) is 5.13 Å². The normalized spacial score (nSPS) is 11.1. The summed E-state index contributed by atoms with van der Waals surface area (Å²) in [5.74, 6) is 0. The fourth-order valence-electron chi connectivity index (χ4n) is 1.17. The Labute approximate surface area is 106 Å². The molecular formula is C9H7N3O4S2. The van der Waals surface area contributed by atoms with Gasteiger partial charge in [-0.3, -0.25) is 14.8 Å². The first-order valence-corrected chi connectivity index (χ1v) is 6.97. The summed E-state index contributed by atoms with van der Waals surface area (Å²) in [6.45, 7) is 0. The second-order valence-electron chi connectivity index (χ2n) is 3.18. The molecule has 0 aliphatic rings. The Morgan fingerprint density at radius 3 is 2.50 bits per heavy atom. The molecule has 0 atom stereocenters. The maximum Gasteiger partial charge on any atom is 0.345 e. The number of hydrogen-bond donors (Lipinski definition) is 1. The third-order valence-electron chi connectivity index (χ3n) is 1.95. The predicted octanol–water partition coefficient (Wildman–Crippen LogP) is 1.85. The van der Waals surface area contributed by atoms with Crippen LogP contribution in [0.25, 0.3) is 0 Å². The van der Waals surface area contributed by atoms with E-state index in [1.165, 1.54) is 12.1 Å². The van der Waals surface area contributed by atoms with Crippen molar-refractivity contribution in [3.05, 3.63) is 46.6 Å². The zero-order chi connectivity index (χ0) is 13.2. The number of aromatic nitrogens is 1. The molecule has 2 aromatic rings. The van der Waals surface area contributed by atoms with Crippen LogP contribution in [-0.2, 0) is 10.0 Å². The maximum atomic E-state index is 11.9. The van der Waals surface area contributed by atoms with Gasteiger partial charge in [-0.25, -0.2) is 13.4 Å².